The first-order valence-corrected chi connectivity index (χ1v) is 6.20. The van der Waals surface area contributed by atoms with Gasteiger partial charge in [-0.05, 0) is 24.3 Å². The van der Waals surface area contributed by atoms with Gasteiger partial charge in [0.25, 0.3) is 0 Å². The molecule has 5 heteroatoms. The van der Waals surface area contributed by atoms with Crippen molar-refractivity contribution in [3.63, 3.8) is 0 Å². The molecule has 20 heavy (non-hydrogen) atoms. The summed E-state index contributed by atoms with van der Waals surface area (Å²) >= 11 is 0. The van der Waals surface area contributed by atoms with Gasteiger partial charge < -0.3 is 10.5 Å². The van der Waals surface area contributed by atoms with Crippen LogP contribution < -0.4 is 10.5 Å². The summed E-state index contributed by atoms with van der Waals surface area (Å²) in [6.07, 6.45) is 0. The minimum absolute atomic E-state index is 0.504. The van der Waals surface area contributed by atoms with E-state index in [1.165, 1.54) is 0 Å². The van der Waals surface area contributed by atoms with Gasteiger partial charge in [-0.3, -0.25) is 0 Å². The first-order chi connectivity index (χ1) is 9.79. The van der Waals surface area contributed by atoms with Crippen LogP contribution in [0.25, 0.3) is 16.9 Å². The van der Waals surface area contributed by atoms with E-state index in [1.807, 2.05) is 54.6 Å². The summed E-state index contributed by atoms with van der Waals surface area (Å²) in [7, 11) is 1.63. The zero-order valence-corrected chi connectivity index (χ0v) is 11.0. The highest BCUT2D eigenvalue weighted by atomic mass is 16.5. The van der Waals surface area contributed by atoms with E-state index in [0.29, 0.717) is 11.5 Å². The Bertz CT molecular complexity index is 722. The smallest absolute Gasteiger partial charge is 0.155 e. The topological polar surface area (TPSA) is 66.0 Å². The van der Waals surface area contributed by atoms with Gasteiger partial charge in [-0.15, -0.1) is 5.10 Å². The summed E-state index contributed by atoms with van der Waals surface area (Å²) < 4.78 is 6.83. The molecule has 3 aromatic rings. The second-order valence-electron chi connectivity index (χ2n) is 4.30. The standard InChI is InChI=1S/C15H14N4O/c1-20-13-9-5-6-11(10-13)14-15(16)19(18-17-14)12-7-3-2-4-8-12/h2-10H,16H2,1H3. The summed E-state index contributed by atoms with van der Waals surface area (Å²) in [5.41, 5.74) is 8.56. The van der Waals surface area contributed by atoms with E-state index < -0.39 is 0 Å². The number of benzene rings is 2. The molecule has 0 saturated carbocycles. The van der Waals surface area contributed by atoms with E-state index >= 15 is 0 Å². The predicted molar refractivity (Wildman–Crippen MR) is 77.8 cm³/mol. The van der Waals surface area contributed by atoms with E-state index in [0.717, 1.165) is 17.0 Å². The Labute approximate surface area is 116 Å². The lowest BCUT2D eigenvalue weighted by atomic mass is 10.1. The third kappa shape index (κ3) is 2.09. The summed E-state index contributed by atoms with van der Waals surface area (Å²) in [6.45, 7) is 0. The summed E-state index contributed by atoms with van der Waals surface area (Å²) in [6, 6.07) is 17.3. The SMILES string of the molecule is COc1cccc(-c2nnn(-c3ccccc3)c2N)c1. The third-order valence-corrected chi connectivity index (χ3v) is 3.05. The van der Waals surface area contributed by atoms with Crippen LogP contribution in [-0.2, 0) is 0 Å². The molecule has 0 saturated heterocycles. The third-order valence-electron chi connectivity index (χ3n) is 3.05. The molecule has 0 atom stereocenters. The van der Waals surface area contributed by atoms with E-state index in [-0.39, 0.29) is 0 Å². The van der Waals surface area contributed by atoms with Crippen molar-refractivity contribution in [1.29, 1.82) is 0 Å². The molecule has 0 amide bonds. The van der Waals surface area contributed by atoms with Crippen molar-refractivity contribution in [2.75, 3.05) is 12.8 Å². The Morgan fingerprint density at radius 2 is 1.85 bits per heavy atom. The fraction of sp³-hybridized carbons (Fsp3) is 0.0667. The number of rotatable bonds is 3. The van der Waals surface area contributed by atoms with Crippen molar-refractivity contribution in [2.24, 2.45) is 0 Å². The monoisotopic (exact) mass is 266 g/mol. The minimum atomic E-state index is 0.504. The van der Waals surface area contributed by atoms with Crippen LogP contribution in [0.3, 0.4) is 0 Å². The molecular weight excluding hydrogens is 252 g/mol. The lowest BCUT2D eigenvalue weighted by molar-refractivity contribution is 0.415. The fourth-order valence-electron chi connectivity index (χ4n) is 2.03. The molecule has 0 aliphatic heterocycles. The number of para-hydroxylation sites is 1. The van der Waals surface area contributed by atoms with Crippen molar-refractivity contribution in [3.05, 3.63) is 54.6 Å². The molecule has 1 aromatic heterocycles. The Kier molecular flexibility index (Phi) is 3.09. The number of anilines is 1. The Balaban J connectivity index is 2.06. The summed E-state index contributed by atoms with van der Waals surface area (Å²) in [5, 5.41) is 8.29. The van der Waals surface area contributed by atoms with E-state index in [2.05, 4.69) is 10.3 Å². The highest BCUT2D eigenvalue weighted by Gasteiger charge is 2.13. The zero-order valence-electron chi connectivity index (χ0n) is 11.0. The number of nitrogens with zero attached hydrogens (tertiary/aromatic N) is 3. The maximum absolute atomic E-state index is 6.16. The lowest BCUT2D eigenvalue weighted by Crippen LogP contribution is -2.01. The molecular formula is C15H14N4O. The van der Waals surface area contributed by atoms with Crippen LogP contribution in [0.5, 0.6) is 5.75 Å². The van der Waals surface area contributed by atoms with Gasteiger partial charge in [-0.1, -0.05) is 35.5 Å². The number of nitrogen functional groups attached to an aromatic ring is 1. The van der Waals surface area contributed by atoms with Crippen LogP contribution in [0.2, 0.25) is 0 Å². The van der Waals surface area contributed by atoms with Gasteiger partial charge in [0.2, 0.25) is 0 Å². The van der Waals surface area contributed by atoms with E-state index in [9.17, 15) is 0 Å². The van der Waals surface area contributed by atoms with E-state index in [4.69, 9.17) is 10.5 Å². The average Bonchev–Trinajstić information content (AvgIpc) is 2.90. The van der Waals surface area contributed by atoms with Crippen LogP contribution in [0.15, 0.2) is 54.6 Å². The maximum atomic E-state index is 6.16. The van der Waals surface area contributed by atoms with Crippen LogP contribution in [0, 0.1) is 0 Å². The fourth-order valence-corrected chi connectivity index (χ4v) is 2.03. The first kappa shape index (κ1) is 12.2. The van der Waals surface area contributed by atoms with Gasteiger partial charge in [-0.2, -0.15) is 4.68 Å². The average molecular weight is 266 g/mol. The molecule has 5 nitrogen and oxygen atoms in total. The molecule has 0 aliphatic carbocycles. The number of hydrogen-bond acceptors (Lipinski definition) is 4. The maximum Gasteiger partial charge on any atom is 0.155 e. The molecule has 0 spiro atoms. The van der Waals surface area contributed by atoms with Crippen LogP contribution in [0.4, 0.5) is 5.82 Å². The van der Waals surface area contributed by atoms with Crippen LogP contribution in [0.1, 0.15) is 0 Å². The van der Waals surface area contributed by atoms with Gasteiger partial charge in [0.1, 0.15) is 11.4 Å². The molecule has 0 aliphatic rings. The Morgan fingerprint density at radius 1 is 1.05 bits per heavy atom. The molecule has 100 valence electrons. The quantitative estimate of drug-likeness (QED) is 0.791. The van der Waals surface area contributed by atoms with Crippen molar-refractivity contribution < 1.29 is 4.74 Å². The van der Waals surface area contributed by atoms with Gasteiger partial charge >= 0.3 is 0 Å². The summed E-state index contributed by atoms with van der Waals surface area (Å²) in [5.74, 6) is 1.26. The number of nitrogens with two attached hydrogens (primary N) is 1. The summed E-state index contributed by atoms with van der Waals surface area (Å²) in [4.78, 5) is 0. The number of hydrogen-bond donors (Lipinski definition) is 1. The van der Waals surface area contributed by atoms with Crippen LogP contribution >= 0.6 is 0 Å². The van der Waals surface area contributed by atoms with Crippen molar-refractivity contribution >= 4 is 5.82 Å². The number of methoxy groups -OCH3 is 1. The zero-order chi connectivity index (χ0) is 13.9. The molecule has 2 aromatic carbocycles. The first-order valence-electron chi connectivity index (χ1n) is 6.20. The minimum Gasteiger partial charge on any atom is -0.497 e. The largest absolute Gasteiger partial charge is 0.497 e. The van der Waals surface area contributed by atoms with Crippen molar-refractivity contribution in [1.82, 2.24) is 15.0 Å². The number of aromatic nitrogens is 3. The van der Waals surface area contributed by atoms with Gasteiger partial charge in [0.05, 0.1) is 12.8 Å². The predicted octanol–water partition coefficient (Wildman–Crippen LogP) is 2.53. The number of ether oxygens (including phenoxy) is 1. The second kappa shape index (κ2) is 5.05. The lowest BCUT2D eigenvalue weighted by Gasteiger charge is -2.04. The second-order valence-corrected chi connectivity index (χ2v) is 4.30. The Morgan fingerprint density at radius 3 is 2.60 bits per heavy atom. The molecule has 3 rings (SSSR count). The van der Waals surface area contributed by atoms with Crippen molar-refractivity contribution in [3.8, 4) is 22.7 Å². The molecule has 0 fully saturated rings. The molecule has 0 unspecified atom stereocenters. The van der Waals surface area contributed by atoms with E-state index in [1.54, 1.807) is 11.8 Å². The van der Waals surface area contributed by atoms with Gasteiger partial charge in [0, 0.05) is 5.56 Å². The Hall–Kier alpha value is -2.82. The molecule has 0 radical (unpaired) electrons. The van der Waals surface area contributed by atoms with Gasteiger partial charge in [0.15, 0.2) is 5.82 Å². The molecule has 1 heterocycles. The van der Waals surface area contributed by atoms with Crippen LogP contribution in [-0.4, -0.2) is 22.1 Å². The highest BCUT2D eigenvalue weighted by molar-refractivity contribution is 5.71. The van der Waals surface area contributed by atoms with Crippen molar-refractivity contribution in [2.45, 2.75) is 0 Å². The van der Waals surface area contributed by atoms with Gasteiger partial charge in [-0.25, -0.2) is 0 Å². The normalized spacial score (nSPS) is 10.4. The molecule has 2 N–H and O–H groups in total. The molecule has 0 bridgehead atoms. The highest BCUT2D eigenvalue weighted by Crippen LogP contribution is 2.27.